The van der Waals surface area contributed by atoms with Crippen LogP contribution in [0, 0.1) is 5.92 Å². The molecule has 0 heterocycles. The van der Waals surface area contributed by atoms with E-state index < -0.39 is 0 Å². The summed E-state index contributed by atoms with van der Waals surface area (Å²) in [4.78, 5) is 12.3. The molecule has 0 saturated heterocycles. The van der Waals surface area contributed by atoms with Crippen LogP contribution in [0.5, 0.6) is 0 Å². The molecule has 19 heavy (non-hydrogen) atoms. The Bertz CT molecular complexity index is 456. The average molecular weight is 325 g/mol. The molecule has 1 amide bonds. The van der Waals surface area contributed by atoms with Gasteiger partial charge in [0.05, 0.1) is 5.54 Å². The first-order valence-electron chi connectivity index (χ1n) is 6.72. The summed E-state index contributed by atoms with van der Waals surface area (Å²) in [7, 11) is 0. The largest absolute Gasteiger partial charge is 0.347 e. The zero-order chi connectivity index (χ0) is 14.0. The van der Waals surface area contributed by atoms with Crippen molar-refractivity contribution in [2.24, 2.45) is 11.7 Å². The number of halogens is 1. The highest BCUT2D eigenvalue weighted by molar-refractivity contribution is 9.10. The van der Waals surface area contributed by atoms with E-state index in [-0.39, 0.29) is 23.4 Å². The van der Waals surface area contributed by atoms with Crippen LogP contribution < -0.4 is 11.1 Å². The molecule has 3 nitrogen and oxygen atoms in total. The van der Waals surface area contributed by atoms with Crippen LogP contribution in [0.15, 0.2) is 28.7 Å². The molecule has 0 aliphatic heterocycles. The number of hydrogen-bond donors (Lipinski definition) is 2. The minimum Gasteiger partial charge on any atom is -0.347 e. The number of hydrogen-bond acceptors (Lipinski definition) is 2. The van der Waals surface area contributed by atoms with Gasteiger partial charge in [-0.1, -0.05) is 28.1 Å². The smallest absolute Gasteiger partial charge is 0.223 e. The SMILES string of the molecule is CC(C)(NC(=O)C1CCC(N)C1)c1ccc(Br)cc1. The Balaban J connectivity index is 2.04. The van der Waals surface area contributed by atoms with E-state index in [0.29, 0.717) is 0 Å². The summed E-state index contributed by atoms with van der Waals surface area (Å²) in [6.45, 7) is 4.06. The molecule has 0 bridgehead atoms. The van der Waals surface area contributed by atoms with Gasteiger partial charge in [-0.3, -0.25) is 4.79 Å². The summed E-state index contributed by atoms with van der Waals surface area (Å²) >= 11 is 3.42. The molecule has 2 atom stereocenters. The van der Waals surface area contributed by atoms with E-state index in [1.165, 1.54) is 0 Å². The molecule has 104 valence electrons. The van der Waals surface area contributed by atoms with Gasteiger partial charge >= 0.3 is 0 Å². The van der Waals surface area contributed by atoms with Crippen molar-refractivity contribution in [3.63, 3.8) is 0 Å². The van der Waals surface area contributed by atoms with E-state index in [4.69, 9.17) is 5.73 Å². The maximum atomic E-state index is 12.3. The van der Waals surface area contributed by atoms with Crippen LogP contribution in [0.25, 0.3) is 0 Å². The molecule has 1 fully saturated rings. The molecule has 3 N–H and O–H groups in total. The van der Waals surface area contributed by atoms with Crippen molar-refractivity contribution in [1.82, 2.24) is 5.32 Å². The van der Waals surface area contributed by atoms with Gasteiger partial charge in [0.1, 0.15) is 0 Å². The number of amides is 1. The van der Waals surface area contributed by atoms with E-state index in [0.717, 1.165) is 29.3 Å². The fourth-order valence-corrected chi connectivity index (χ4v) is 2.87. The van der Waals surface area contributed by atoms with Crippen molar-refractivity contribution >= 4 is 21.8 Å². The molecule has 1 saturated carbocycles. The predicted molar refractivity (Wildman–Crippen MR) is 80.6 cm³/mol. The molecule has 2 unspecified atom stereocenters. The Labute approximate surface area is 123 Å². The number of benzene rings is 1. The summed E-state index contributed by atoms with van der Waals surface area (Å²) < 4.78 is 1.04. The fourth-order valence-electron chi connectivity index (χ4n) is 2.60. The highest BCUT2D eigenvalue weighted by Gasteiger charge is 2.31. The summed E-state index contributed by atoms with van der Waals surface area (Å²) in [5, 5.41) is 3.14. The minimum atomic E-state index is -0.357. The maximum Gasteiger partial charge on any atom is 0.223 e. The van der Waals surface area contributed by atoms with Gasteiger partial charge in [0.2, 0.25) is 5.91 Å². The van der Waals surface area contributed by atoms with Crippen LogP contribution in [0.3, 0.4) is 0 Å². The second-order valence-corrected chi connectivity index (χ2v) is 6.81. The molecule has 1 aliphatic rings. The van der Waals surface area contributed by atoms with Crippen LogP contribution in [0.1, 0.15) is 38.7 Å². The minimum absolute atomic E-state index is 0.0738. The predicted octanol–water partition coefficient (Wildman–Crippen LogP) is 2.93. The third-order valence-electron chi connectivity index (χ3n) is 3.85. The van der Waals surface area contributed by atoms with Gasteiger partial charge in [-0.2, -0.15) is 0 Å². The van der Waals surface area contributed by atoms with E-state index in [2.05, 4.69) is 21.2 Å². The molecule has 1 aromatic rings. The highest BCUT2D eigenvalue weighted by atomic mass is 79.9. The van der Waals surface area contributed by atoms with E-state index in [9.17, 15) is 4.79 Å². The van der Waals surface area contributed by atoms with E-state index in [1.54, 1.807) is 0 Å². The average Bonchev–Trinajstić information content (AvgIpc) is 2.76. The quantitative estimate of drug-likeness (QED) is 0.898. The maximum absolute atomic E-state index is 12.3. The Kier molecular flexibility index (Phi) is 4.31. The third kappa shape index (κ3) is 3.57. The molecule has 0 spiro atoms. The van der Waals surface area contributed by atoms with Gasteiger partial charge in [-0.25, -0.2) is 0 Å². The summed E-state index contributed by atoms with van der Waals surface area (Å²) in [6.07, 6.45) is 2.67. The first kappa shape index (κ1) is 14.5. The summed E-state index contributed by atoms with van der Waals surface area (Å²) in [5.41, 5.74) is 6.62. The molecular formula is C15H21BrN2O. The van der Waals surface area contributed by atoms with Gasteiger partial charge < -0.3 is 11.1 Å². The zero-order valence-electron chi connectivity index (χ0n) is 11.4. The Hall–Kier alpha value is -0.870. The van der Waals surface area contributed by atoms with Gasteiger partial charge in [-0.05, 0) is 50.8 Å². The van der Waals surface area contributed by atoms with Crippen molar-refractivity contribution in [2.75, 3.05) is 0 Å². The number of carbonyl (C=O) groups is 1. The number of carbonyl (C=O) groups excluding carboxylic acids is 1. The third-order valence-corrected chi connectivity index (χ3v) is 4.37. The lowest BCUT2D eigenvalue weighted by atomic mass is 9.93. The van der Waals surface area contributed by atoms with Crippen LogP contribution in [0.2, 0.25) is 0 Å². The van der Waals surface area contributed by atoms with Crippen LogP contribution >= 0.6 is 15.9 Å². The van der Waals surface area contributed by atoms with Gasteiger partial charge in [0, 0.05) is 16.4 Å². The fraction of sp³-hybridized carbons (Fsp3) is 0.533. The monoisotopic (exact) mass is 324 g/mol. The molecular weight excluding hydrogens is 304 g/mol. The lowest BCUT2D eigenvalue weighted by Gasteiger charge is -2.28. The molecule has 0 radical (unpaired) electrons. The lowest BCUT2D eigenvalue weighted by molar-refractivity contribution is -0.126. The molecule has 1 aliphatic carbocycles. The Morgan fingerprint density at radius 2 is 1.95 bits per heavy atom. The van der Waals surface area contributed by atoms with E-state index in [1.807, 2.05) is 38.1 Å². The Morgan fingerprint density at radius 3 is 2.47 bits per heavy atom. The van der Waals surface area contributed by atoms with Crippen LogP contribution in [0.4, 0.5) is 0 Å². The highest BCUT2D eigenvalue weighted by Crippen LogP contribution is 2.27. The molecule has 0 aromatic heterocycles. The van der Waals surface area contributed by atoms with Crippen molar-refractivity contribution in [3.8, 4) is 0 Å². The normalized spacial score (nSPS) is 23.4. The Morgan fingerprint density at radius 1 is 1.32 bits per heavy atom. The van der Waals surface area contributed by atoms with Crippen molar-refractivity contribution < 1.29 is 4.79 Å². The van der Waals surface area contributed by atoms with Crippen LogP contribution in [-0.4, -0.2) is 11.9 Å². The second-order valence-electron chi connectivity index (χ2n) is 5.89. The van der Waals surface area contributed by atoms with Crippen LogP contribution in [-0.2, 0) is 10.3 Å². The lowest BCUT2D eigenvalue weighted by Crippen LogP contribution is -2.43. The van der Waals surface area contributed by atoms with Crippen molar-refractivity contribution in [3.05, 3.63) is 34.3 Å². The topological polar surface area (TPSA) is 55.1 Å². The first-order valence-corrected chi connectivity index (χ1v) is 7.51. The van der Waals surface area contributed by atoms with E-state index >= 15 is 0 Å². The first-order chi connectivity index (χ1) is 8.88. The summed E-state index contributed by atoms with van der Waals surface area (Å²) in [6, 6.07) is 8.24. The van der Waals surface area contributed by atoms with Crippen molar-refractivity contribution in [1.29, 1.82) is 0 Å². The standard InChI is InChI=1S/C15H21BrN2O/c1-15(2,11-4-6-12(16)7-5-11)18-14(19)10-3-8-13(17)9-10/h4-7,10,13H,3,8-9,17H2,1-2H3,(H,18,19). The molecule has 2 rings (SSSR count). The van der Waals surface area contributed by atoms with Gasteiger partial charge in [-0.15, -0.1) is 0 Å². The summed E-state index contributed by atoms with van der Waals surface area (Å²) in [5.74, 6) is 0.200. The van der Waals surface area contributed by atoms with Crippen molar-refractivity contribution in [2.45, 2.75) is 44.7 Å². The zero-order valence-corrected chi connectivity index (χ0v) is 13.0. The number of nitrogens with two attached hydrogens (primary N) is 1. The molecule has 4 heteroatoms. The van der Waals surface area contributed by atoms with Gasteiger partial charge in [0.15, 0.2) is 0 Å². The number of nitrogens with one attached hydrogen (secondary N) is 1. The second kappa shape index (κ2) is 5.63. The molecule has 1 aromatic carbocycles. The van der Waals surface area contributed by atoms with Gasteiger partial charge in [0.25, 0.3) is 0 Å². The number of rotatable bonds is 3.